The van der Waals surface area contributed by atoms with E-state index in [9.17, 15) is 4.79 Å². The molecule has 0 spiro atoms. The standard InChI is InChI=1S/C24H23N5O/c1-16-27-21(24(30)29-13-11-17-6-2-5-9-22(17)29)14-23(28-16)25-12-10-18-15-26-20-8-4-3-7-19(18)20/h2-9,14-15,26H,10-13H2,1H3,(H,25,27,28). The highest BCUT2D eigenvalue weighted by molar-refractivity contribution is 6.06. The highest BCUT2D eigenvalue weighted by Gasteiger charge is 2.26. The molecule has 6 nitrogen and oxygen atoms in total. The molecule has 2 aromatic carbocycles. The van der Waals surface area contributed by atoms with Crippen molar-refractivity contribution in [2.45, 2.75) is 19.8 Å². The predicted molar refractivity (Wildman–Crippen MR) is 119 cm³/mol. The first-order valence-electron chi connectivity index (χ1n) is 10.2. The summed E-state index contributed by atoms with van der Waals surface area (Å²) >= 11 is 0. The Balaban J connectivity index is 1.31. The van der Waals surface area contributed by atoms with Crippen molar-refractivity contribution in [3.8, 4) is 0 Å². The van der Waals surface area contributed by atoms with Crippen LogP contribution in [0.2, 0.25) is 0 Å². The van der Waals surface area contributed by atoms with E-state index in [0.717, 1.165) is 30.6 Å². The lowest BCUT2D eigenvalue weighted by Crippen LogP contribution is -2.30. The molecule has 3 heterocycles. The number of rotatable bonds is 5. The minimum atomic E-state index is -0.0786. The zero-order chi connectivity index (χ0) is 20.5. The number of carbonyl (C=O) groups excluding carboxylic acids is 1. The zero-order valence-corrected chi connectivity index (χ0v) is 16.9. The Bertz CT molecular complexity index is 1230. The van der Waals surface area contributed by atoms with Gasteiger partial charge in [-0.05, 0) is 43.0 Å². The summed E-state index contributed by atoms with van der Waals surface area (Å²) < 4.78 is 0. The molecule has 150 valence electrons. The second kappa shape index (κ2) is 7.63. The highest BCUT2D eigenvalue weighted by Crippen LogP contribution is 2.28. The first-order valence-corrected chi connectivity index (χ1v) is 10.2. The van der Waals surface area contributed by atoms with Crippen molar-refractivity contribution in [3.63, 3.8) is 0 Å². The lowest BCUT2D eigenvalue weighted by Gasteiger charge is -2.17. The van der Waals surface area contributed by atoms with Crippen molar-refractivity contribution in [2.24, 2.45) is 0 Å². The second-order valence-corrected chi connectivity index (χ2v) is 7.56. The summed E-state index contributed by atoms with van der Waals surface area (Å²) in [6.45, 7) is 3.22. The molecule has 2 N–H and O–H groups in total. The molecule has 0 saturated heterocycles. The fourth-order valence-corrected chi connectivity index (χ4v) is 4.12. The van der Waals surface area contributed by atoms with Gasteiger partial charge in [-0.2, -0.15) is 0 Å². The number of nitrogens with one attached hydrogen (secondary N) is 2. The van der Waals surface area contributed by atoms with Gasteiger partial charge in [0.25, 0.3) is 5.91 Å². The first kappa shape index (κ1) is 18.4. The van der Waals surface area contributed by atoms with Crippen molar-refractivity contribution in [2.75, 3.05) is 23.3 Å². The molecular formula is C24H23N5O. The van der Waals surface area contributed by atoms with Gasteiger partial charge in [0, 0.05) is 41.9 Å². The van der Waals surface area contributed by atoms with E-state index < -0.39 is 0 Å². The molecule has 0 aliphatic carbocycles. The number of para-hydroxylation sites is 2. The molecular weight excluding hydrogens is 374 g/mol. The summed E-state index contributed by atoms with van der Waals surface area (Å²) in [5.74, 6) is 1.19. The molecule has 6 heteroatoms. The van der Waals surface area contributed by atoms with E-state index >= 15 is 0 Å². The van der Waals surface area contributed by atoms with Gasteiger partial charge in [0.05, 0.1) is 0 Å². The predicted octanol–water partition coefficient (Wildman–Crippen LogP) is 4.12. The lowest BCUT2D eigenvalue weighted by molar-refractivity contribution is 0.0984. The number of hydrogen-bond donors (Lipinski definition) is 2. The van der Waals surface area contributed by atoms with Crippen LogP contribution in [-0.4, -0.2) is 33.9 Å². The van der Waals surface area contributed by atoms with Crippen molar-refractivity contribution in [3.05, 3.63) is 83.4 Å². The number of aromatic amines is 1. The van der Waals surface area contributed by atoms with Gasteiger partial charge in [-0.25, -0.2) is 9.97 Å². The lowest BCUT2D eigenvalue weighted by atomic mass is 10.1. The fraction of sp³-hybridized carbons (Fsp3) is 0.208. The Morgan fingerprint density at radius 1 is 1.13 bits per heavy atom. The van der Waals surface area contributed by atoms with Crippen molar-refractivity contribution in [1.29, 1.82) is 0 Å². The third-order valence-corrected chi connectivity index (χ3v) is 5.56. The van der Waals surface area contributed by atoms with Gasteiger partial charge < -0.3 is 15.2 Å². The Morgan fingerprint density at radius 3 is 2.90 bits per heavy atom. The average Bonchev–Trinajstić information content (AvgIpc) is 3.37. The van der Waals surface area contributed by atoms with E-state index in [-0.39, 0.29) is 5.91 Å². The number of fused-ring (bicyclic) bond motifs is 2. The van der Waals surface area contributed by atoms with Crippen LogP contribution >= 0.6 is 0 Å². The molecule has 0 unspecified atom stereocenters. The van der Waals surface area contributed by atoms with Crippen LogP contribution in [0.3, 0.4) is 0 Å². The Hall–Kier alpha value is -3.67. The fourth-order valence-electron chi connectivity index (χ4n) is 4.12. The Labute approximate surface area is 175 Å². The summed E-state index contributed by atoms with van der Waals surface area (Å²) in [5, 5.41) is 4.60. The van der Waals surface area contributed by atoms with Crippen LogP contribution in [0, 0.1) is 6.92 Å². The molecule has 2 aromatic heterocycles. The van der Waals surface area contributed by atoms with Gasteiger partial charge in [-0.15, -0.1) is 0 Å². The maximum Gasteiger partial charge on any atom is 0.277 e. The minimum absolute atomic E-state index is 0.0786. The third-order valence-electron chi connectivity index (χ3n) is 5.56. The molecule has 1 amide bonds. The number of nitrogens with zero attached hydrogens (tertiary/aromatic N) is 3. The van der Waals surface area contributed by atoms with Crippen molar-refractivity contribution in [1.82, 2.24) is 15.0 Å². The monoisotopic (exact) mass is 397 g/mol. The highest BCUT2D eigenvalue weighted by atomic mass is 16.2. The summed E-state index contributed by atoms with van der Waals surface area (Å²) in [6, 6.07) is 18.1. The van der Waals surface area contributed by atoms with Crippen LogP contribution in [0.25, 0.3) is 10.9 Å². The van der Waals surface area contributed by atoms with Crippen molar-refractivity contribution >= 4 is 28.3 Å². The zero-order valence-electron chi connectivity index (χ0n) is 16.9. The van der Waals surface area contributed by atoms with E-state index in [1.54, 1.807) is 6.07 Å². The molecule has 1 aliphatic heterocycles. The quantitative estimate of drug-likeness (QED) is 0.531. The van der Waals surface area contributed by atoms with Gasteiger partial charge in [0.2, 0.25) is 0 Å². The summed E-state index contributed by atoms with van der Waals surface area (Å²) in [5.41, 5.74) is 5.01. The van der Waals surface area contributed by atoms with Crippen molar-refractivity contribution < 1.29 is 4.79 Å². The largest absolute Gasteiger partial charge is 0.370 e. The molecule has 5 rings (SSSR count). The third kappa shape index (κ3) is 3.41. The van der Waals surface area contributed by atoms with Crippen LogP contribution < -0.4 is 10.2 Å². The molecule has 4 aromatic rings. The smallest absolute Gasteiger partial charge is 0.277 e. The first-order chi connectivity index (χ1) is 14.7. The van der Waals surface area contributed by atoms with Crippen LogP contribution in [0.1, 0.15) is 27.4 Å². The van der Waals surface area contributed by atoms with Gasteiger partial charge in [0.15, 0.2) is 0 Å². The molecule has 0 fully saturated rings. The maximum atomic E-state index is 13.1. The van der Waals surface area contributed by atoms with Gasteiger partial charge >= 0.3 is 0 Å². The minimum Gasteiger partial charge on any atom is -0.370 e. The van der Waals surface area contributed by atoms with Gasteiger partial charge in [-0.1, -0.05) is 36.4 Å². The molecule has 30 heavy (non-hydrogen) atoms. The summed E-state index contributed by atoms with van der Waals surface area (Å²) in [6.07, 6.45) is 3.79. The molecule has 0 bridgehead atoms. The molecule has 0 saturated carbocycles. The Kier molecular flexibility index (Phi) is 4.67. The molecule has 0 atom stereocenters. The van der Waals surface area contributed by atoms with Gasteiger partial charge in [0.1, 0.15) is 17.3 Å². The van der Waals surface area contributed by atoms with Crippen LogP contribution in [-0.2, 0) is 12.8 Å². The maximum absolute atomic E-state index is 13.1. The average molecular weight is 397 g/mol. The number of amides is 1. The van der Waals surface area contributed by atoms with E-state index in [1.165, 1.54) is 16.5 Å². The number of carbonyl (C=O) groups is 1. The van der Waals surface area contributed by atoms with Crippen LogP contribution in [0.15, 0.2) is 60.8 Å². The molecule has 1 aliphatic rings. The number of anilines is 2. The van der Waals surface area contributed by atoms with E-state index in [4.69, 9.17) is 0 Å². The molecule has 0 radical (unpaired) electrons. The summed E-state index contributed by atoms with van der Waals surface area (Å²) in [4.78, 5) is 27.1. The number of benzene rings is 2. The normalized spacial score (nSPS) is 12.9. The van der Waals surface area contributed by atoms with E-state index in [0.29, 0.717) is 23.9 Å². The summed E-state index contributed by atoms with van der Waals surface area (Å²) in [7, 11) is 0. The van der Waals surface area contributed by atoms with E-state index in [1.807, 2.05) is 36.1 Å². The number of H-pyrrole nitrogens is 1. The SMILES string of the molecule is Cc1nc(NCCc2c[nH]c3ccccc23)cc(C(=O)N2CCc3ccccc32)n1. The number of aromatic nitrogens is 3. The van der Waals surface area contributed by atoms with Gasteiger partial charge in [-0.3, -0.25) is 4.79 Å². The second-order valence-electron chi connectivity index (χ2n) is 7.56. The number of aryl methyl sites for hydroxylation is 1. The van der Waals surface area contributed by atoms with Crippen LogP contribution in [0.4, 0.5) is 11.5 Å². The van der Waals surface area contributed by atoms with E-state index in [2.05, 4.69) is 50.7 Å². The van der Waals surface area contributed by atoms with Crippen LogP contribution in [0.5, 0.6) is 0 Å². The number of hydrogen-bond acceptors (Lipinski definition) is 4. The topological polar surface area (TPSA) is 73.9 Å². The Morgan fingerprint density at radius 2 is 1.97 bits per heavy atom.